The number of carboxylic acid groups (broad SMARTS) is 1. The first kappa shape index (κ1) is 14.6. The molecule has 4 nitrogen and oxygen atoms in total. The summed E-state index contributed by atoms with van der Waals surface area (Å²) in [7, 11) is 0. The Morgan fingerprint density at radius 1 is 1.40 bits per heavy atom. The number of carboxylic acids is 1. The van der Waals surface area contributed by atoms with Crippen LogP contribution in [0, 0.1) is 5.92 Å². The Balaban J connectivity index is 2.49. The summed E-state index contributed by atoms with van der Waals surface area (Å²) >= 11 is 0. The van der Waals surface area contributed by atoms with Gasteiger partial charge in [0, 0.05) is 13.0 Å². The van der Waals surface area contributed by atoms with E-state index in [9.17, 15) is 4.79 Å². The van der Waals surface area contributed by atoms with Gasteiger partial charge < -0.3 is 9.67 Å². The number of imidazole rings is 1. The van der Waals surface area contributed by atoms with Gasteiger partial charge in [0.15, 0.2) is 0 Å². The van der Waals surface area contributed by atoms with Crippen LogP contribution in [-0.2, 0) is 13.0 Å². The molecule has 0 atom stereocenters. The molecule has 0 radical (unpaired) electrons. The fourth-order valence-corrected chi connectivity index (χ4v) is 2.36. The van der Waals surface area contributed by atoms with E-state index in [0.29, 0.717) is 11.5 Å². The quantitative estimate of drug-likeness (QED) is 0.873. The number of aromatic nitrogens is 2. The molecule has 1 N–H and O–H groups in total. The maximum Gasteiger partial charge on any atom is 0.335 e. The van der Waals surface area contributed by atoms with Gasteiger partial charge in [-0.1, -0.05) is 20.8 Å². The van der Waals surface area contributed by atoms with Gasteiger partial charge in [-0.25, -0.2) is 9.78 Å². The van der Waals surface area contributed by atoms with E-state index in [0.717, 1.165) is 42.7 Å². The van der Waals surface area contributed by atoms with Crippen molar-refractivity contribution in [2.45, 2.75) is 46.6 Å². The topological polar surface area (TPSA) is 55.1 Å². The van der Waals surface area contributed by atoms with Gasteiger partial charge in [0.25, 0.3) is 0 Å². The maximum absolute atomic E-state index is 11.1. The van der Waals surface area contributed by atoms with Gasteiger partial charge in [-0.15, -0.1) is 0 Å². The van der Waals surface area contributed by atoms with E-state index in [4.69, 9.17) is 5.11 Å². The fraction of sp³-hybridized carbons (Fsp3) is 0.500. The lowest BCUT2D eigenvalue weighted by Gasteiger charge is -2.10. The van der Waals surface area contributed by atoms with Crippen molar-refractivity contribution in [3.05, 3.63) is 29.6 Å². The van der Waals surface area contributed by atoms with Crippen molar-refractivity contribution in [2.75, 3.05) is 0 Å². The number of hydrogen-bond donors (Lipinski definition) is 1. The highest BCUT2D eigenvalue weighted by molar-refractivity contribution is 5.92. The second-order valence-electron chi connectivity index (χ2n) is 5.62. The number of carbonyl (C=O) groups is 1. The van der Waals surface area contributed by atoms with Crippen LogP contribution in [0.25, 0.3) is 11.0 Å². The average Bonchev–Trinajstić information content (AvgIpc) is 2.73. The van der Waals surface area contributed by atoms with Crippen molar-refractivity contribution in [1.82, 2.24) is 9.55 Å². The molecule has 0 spiro atoms. The summed E-state index contributed by atoms with van der Waals surface area (Å²) in [5.74, 6) is 0.788. The van der Waals surface area contributed by atoms with Gasteiger partial charge in [0.1, 0.15) is 5.82 Å². The first-order valence-electron chi connectivity index (χ1n) is 7.25. The molecule has 0 fully saturated rings. The second kappa shape index (κ2) is 6.07. The molecule has 0 aliphatic rings. The van der Waals surface area contributed by atoms with Gasteiger partial charge in [0.05, 0.1) is 16.6 Å². The van der Waals surface area contributed by atoms with Gasteiger partial charge in [-0.05, 0) is 37.0 Å². The summed E-state index contributed by atoms with van der Waals surface area (Å²) in [5, 5.41) is 9.13. The highest BCUT2D eigenvalue weighted by atomic mass is 16.4. The van der Waals surface area contributed by atoms with E-state index in [2.05, 4.69) is 30.3 Å². The molecule has 0 amide bonds. The van der Waals surface area contributed by atoms with Gasteiger partial charge in [-0.3, -0.25) is 0 Å². The number of rotatable bonds is 6. The number of aromatic carboxylic acids is 1. The van der Waals surface area contributed by atoms with Crippen LogP contribution in [-0.4, -0.2) is 20.6 Å². The SMILES string of the molecule is CCCc1nc2ccc(C(=O)O)cc2n1CCC(C)C. The lowest BCUT2D eigenvalue weighted by atomic mass is 10.1. The lowest BCUT2D eigenvalue weighted by Crippen LogP contribution is -2.06. The van der Waals surface area contributed by atoms with E-state index in [1.54, 1.807) is 12.1 Å². The Morgan fingerprint density at radius 2 is 2.15 bits per heavy atom. The Morgan fingerprint density at radius 3 is 2.75 bits per heavy atom. The molecular weight excluding hydrogens is 252 g/mol. The van der Waals surface area contributed by atoms with E-state index in [1.807, 2.05) is 6.07 Å². The highest BCUT2D eigenvalue weighted by Gasteiger charge is 2.13. The standard InChI is InChI=1S/C16H22N2O2/c1-4-5-15-17-13-7-6-12(16(19)20)10-14(13)18(15)9-8-11(2)3/h6-7,10-11H,4-5,8-9H2,1-3H3,(H,19,20). The molecule has 0 unspecified atom stereocenters. The van der Waals surface area contributed by atoms with Crippen molar-refractivity contribution < 1.29 is 9.90 Å². The predicted octanol–water partition coefficient (Wildman–Crippen LogP) is 3.73. The Kier molecular flexibility index (Phi) is 4.42. The van der Waals surface area contributed by atoms with Crippen molar-refractivity contribution in [1.29, 1.82) is 0 Å². The normalized spacial score (nSPS) is 11.4. The van der Waals surface area contributed by atoms with Crippen LogP contribution in [0.1, 0.15) is 49.8 Å². The molecule has 20 heavy (non-hydrogen) atoms. The van der Waals surface area contributed by atoms with Crippen molar-refractivity contribution in [3.63, 3.8) is 0 Å². The largest absolute Gasteiger partial charge is 0.478 e. The van der Waals surface area contributed by atoms with E-state index >= 15 is 0 Å². The van der Waals surface area contributed by atoms with Crippen LogP contribution in [0.5, 0.6) is 0 Å². The van der Waals surface area contributed by atoms with Crippen LogP contribution in [0.2, 0.25) is 0 Å². The van der Waals surface area contributed by atoms with Crippen LogP contribution in [0.4, 0.5) is 0 Å². The zero-order valence-electron chi connectivity index (χ0n) is 12.4. The molecule has 0 aliphatic heterocycles. The molecule has 2 aromatic rings. The first-order valence-corrected chi connectivity index (χ1v) is 7.25. The first-order chi connectivity index (χ1) is 9.52. The third kappa shape index (κ3) is 3.00. The number of hydrogen-bond acceptors (Lipinski definition) is 2. The zero-order valence-corrected chi connectivity index (χ0v) is 12.4. The number of nitrogens with zero attached hydrogens (tertiary/aromatic N) is 2. The summed E-state index contributed by atoms with van der Waals surface area (Å²) < 4.78 is 2.19. The van der Waals surface area contributed by atoms with Crippen molar-refractivity contribution in [3.8, 4) is 0 Å². The molecule has 0 saturated heterocycles. The number of benzene rings is 1. The third-order valence-corrected chi connectivity index (χ3v) is 3.48. The molecule has 1 aromatic carbocycles. The van der Waals surface area contributed by atoms with Gasteiger partial charge >= 0.3 is 5.97 Å². The van der Waals surface area contributed by atoms with Crippen LogP contribution in [0.15, 0.2) is 18.2 Å². The molecule has 0 saturated carbocycles. The lowest BCUT2D eigenvalue weighted by molar-refractivity contribution is 0.0697. The van der Waals surface area contributed by atoms with E-state index in [-0.39, 0.29) is 0 Å². The summed E-state index contributed by atoms with van der Waals surface area (Å²) in [6.07, 6.45) is 3.03. The molecule has 0 aliphatic carbocycles. The molecule has 1 heterocycles. The summed E-state index contributed by atoms with van der Waals surface area (Å²) in [6.45, 7) is 7.42. The highest BCUT2D eigenvalue weighted by Crippen LogP contribution is 2.20. The van der Waals surface area contributed by atoms with Gasteiger partial charge in [0.2, 0.25) is 0 Å². The average molecular weight is 274 g/mol. The maximum atomic E-state index is 11.1. The van der Waals surface area contributed by atoms with Crippen LogP contribution >= 0.6 is 0 Å². The monoisotopic (exact) mass is 274 g/mol. The molecule has 4 heteroatoms. The zero-order chi connectivity index (χ0) is 14.7. The summed E-state index contributed by atoms with van der Waals surface area (Å²) in [4.78, 5) is 15.8. The van der Waals surface area contributed by atoms with E-state index in [1.165, 1.54) is 0 Å². The predicted molar refractivity (Wildman–Crippen MR) is 80.1 cm³/mol. The fourth-order valence-electron chi connectivity index (χ4n) is 2.36. The number of aryl methyl sites for hydroxylation is 2. The molecular formula is C16H22N2O2. The Bertz CT molecular complexity index is 614. The van der Waals surface area contributed by atoms with Crippen molar-refractivity contribution in [2.24, 2.45) is 5.92 Å². The smallest absolute Gasteiger partial charge is 0.335 e. The summed E-state index contributed by atoms with van der Waals surface area (Å²) in [5.41, 5.74) is 2.16. The Hall–Kier alpha value is -1.84. The minimum absolute atomic E-state index is 0.325. The minimum atomic E-state index is -0.888. The van der Waals surface area contributed by atoms with Gasteiger partial charge in [-0.2, -0.15) is 0 Å². The third-order valence-electron chi connectivity index (χ3n) is 3.48. The van der Waals surface area contributed by atoms with Crippen molar-refractivity contribution >= 4 is 17.0 Å². The minimum Gasteiger partial charge on any atom is -0.478 e. The van der Waals surface area contributed by atoms with E-state index < -0.39 is 5.97 Å². The molecule has 108 valence electrons. The molecule has 2 rings (SSSR count). The number of fused-ring (bicyclic) bond motifs is 1. The second-order valence-corrected chi connectivity index (χ2v) is 5.62. The van der Waals surface area contributed by atoms with Crippen LogP contribution in [0.3, 0.4) is 0 Å². The molecule has 1 aromatic heterocycles. The van der Waals surface area contributed by atoms with Crippen LogP contribution < -0.4 is 0 Å². The Labute approximate surface area is 119 Å². The summed E-state index contributed by atoms with van der Waals surface area (Å²) in [6, 6.07) is 5.17. The molecule has 0 bridgehead atoms.